The Morgan fingerprint density at radius 2 is 1.65 bits per heavy atom. The van der Waals surface area contributed by atoms with Gasteiger partial charge >= 0.3 is 0 Å². The molecule has 3 nitrogen and oxygen atoms in total. The maximum absolute atomic E-state index is 12.4. The molecule has 1 saturated heterocycles. The highest BCUT2D eigenvalue weighted by molar-refractivity contribution is 5.78. The number of rotatable bonds is 5. The number of carbonyl (C=O) groups is 1. The number of nitrogens with one attached hydrogen (secondary N) is 1. The molecule has 1 atom stereocenters. The molecule has 0 bridgehead atoms. The fourth-order valence-corrected chi connectivity index (χ4v) is 3.18. The van der Waals surface area contributed by atoms with Crippen LogP contribution in [-0.4, -0.2) is 23.9 Å². The van der Waals surface area contributed by atoms with Crippen LogP contribution in [0.1, 0.15) is 24.0 Å². The molecule has 3 rings (SSSR count). The van der Waals surface area contributed by atoms with Crippen LogP contribution in [0, 0.1) is 5.92 Å². The van der Waals surface area contributed by atoms with Gasteiger partial charge in [-0.05, 0) is 30.5 Å². The first-order chi connectivity index (χ1) is 11.3. The Hall–Kier alpha value is -2.13. The third kappa shape index (κ3) is 4.67. The van der Waals surface area contributed by atoms with Crippen LogP contribution in [0.15, 0.2) is 60.7 Å². The van der Waals surface area contributed by atoms with Crippen molar-refractivity contribution < 1.29 is 4.79 Å². The second kappa shape index (κ2) is 7.93. The molecule has 2 aromatic rings. The molecule has 1 N–H and O–H groups in total. The van der Waals surface area contributed by atoms with E-state index in [2.05, 4.69) is 34.5 Å². The minimum atomic E-state index is 0.108. The van der Waals surface area contributed by atoms with E-state index < -0.39 is 0 Å². The van der Waals surface area contributed by atoms with Crippen LogP contribution in [0.4, 0.5) is 0 Å². The fourth-order valence-electron chi connectivity index (χ4n) is 3.18. The van der Waals surface area contributed by atoms with Gasteiger partial charge in [0.2, 0.25) is 5.91 Å². The highest BCUT2D eigenvalue weighted by Crippen LogP contribution is 2.19. The Morgan fingerprint density at radius 3 is 2.35 bits per heavy atom. The van der Waals surface area contributed by atoms with E-state index in [1.54, 1.807) is 0 Å². The Morgan fingerprint density at radius 1 is 1.00 bits per heavy atom. The summed E-state index contributed by atoms with van der Waals surface area (Å²) >= 11 is 0. The molecular weight excluding hydrogens is 284 g/mol. The van der Waals surface area contributed by atoms with E-state index in [0.717, 1.165) is 38.0 Å². The van der Waals surface area contributed by atoms with E-state index >= 15 is 0 Å². The molecule has 1 unspecified atom stereocenters. The Kier molecular flexibility index (Phi) is 5.43. The molecule has 0 aromatic heterocycles. The van der Waals surface area contributed by atoms with Gasteiger partial charge in [-0.3, -0.25) is 9.69 Å². The van der Waals surface area contributed by atoms with Gasteiger partial charge in [-0.25, -0.2) is 0 Å². The van der Waals surface area contributed by atoms with Crippen molar-refractivity contribution in [1.82, 2.24) is 10.2 Å². The largest absolute Gasteiger partial charge is 0.352 e. The van der Waals surface area contributed by atoms with E-state index in [9.17, 15) is 4.79 Å². The molecule has 1 fully saturated rings. The predicted molar refractivity (Wildman–Crippen MR) is 92.7 cm³/mol. The second-order valence-electron chi connectivity index (χ2n) is 6.26. The third-order valence-corrected chi connectivity index (χ3v) is 4.43. The summed E-state index contributed by atoms with van der Waals surface area (Å²) in [6.07, 6.45) is 2.09. The van der Waals surface area contributed by atoms with E-state index in [1.165, 1.54) is 5.56 Å². The van der Waals surface area contributed by atoms with Crippen LogP contribution < -0.4 is 5.32 Å². The average molecular weight is 308 g/mol. The van der Waals surface area contributed by atoms with Gasteiger partial charge in [0.15, 0.2) is 0 Å². The van der Waals surface area contributed by atoms with Crippen LogP contribution >= 0.6 is 0 Å². The van der Waals surface area contributed by atoms with Gasteiger partial charge in [0.05, 0.1) is 5.92 Å². The summed E-state index contributed by atoms with van der Waals surface area (Å²) in [5, 5.41) is 3.09. The highest BCUT2D eigenvalue weighted by Gasteiger charge is 2.25. The van der Waals surface area contributed by atoms with Crippen molar-refractivity contribution in [3.63, 3.8) is 0 Å². The second-order valence-corrected chi connectivity index (χ2v) is 6.26. The lowest BCUT2D eigenvalue weighted by Gasteiger charge is -2.32. The molecule has 23 heavy (non-hydrogen) atoms. The summed E-state index contributed by atoms with van der Waals surface area (Å²) in [5.74, 6) is 0.294. The third-order valence-electron chi connectivity index (χ3n) is 4.43. The van der Waals surface area contributed by atoms with Crippen LogP contribution in [0.3, 0.4) is 0 Å². The maximum Gasteiger partial charge on any atom is 0.224 e. The van der Waals surface area contributed by atoms with E-state index in [1.807, 2.05) is 36.4 Å². The molecule has 1 heterocycles. The number of amides is 1. The normalized spacial score (nSPS) is 18.5. The minimum Gasteiger partial charge on any atom is -0.352 e. The number of piperidine rings is 1. The summed E-state index contributed by atoms with van der Waals surface area (Å²) in [7, 11) is 0. The lowest BCUT2D eigenvalue weighted by Crippen LogP contribution is -2.42. The first-order valence-electron chi connectivity index (χ1n) is 8.39. The fraction of sp³-hybridized carbons (Fsp3) is 0.350. The number of nitrogens with zero attached hydrogens (tertiary/aromatic N) is 1. The summed E-state index contributed by atoms with van der Waals surface area (Å²) in [5.41, 5.74) is 2.47. The Bertz CT molecular complexity index is 612. The van der Waals surface area contributed by atoms with E-state index in [-0.39, 0.29) is 11.8 Å². The quantitative estimate of drug-likeness (QED) is 0.920. The van der Waals surface area contributed by atoms with Gasteiger partial charge in [-0.1, -0.05) is 60.7 Å². The molecule has 1 amide bonds. The van der Waals surface area contributed by atoms with Crippen molar-refractivity contribution in [2.45, 2.75) is 25.9 Å². The molecule has 2 aromatic carbocycles. The van der Waals surface area contributed by atoms with Crippen LogP contribution in [-0.2, 0) is 17.9 Å². The predicted octanol–water partition coefficient (Wildman–Crippen LogP) is 3.22. The highest BCUT2D eigenvalue weighted by atomic mass is 16.1. The molecule has 120 valence electrons. The molecule has 0 spiro atoms. The summed E-state index contributed by atoms with van der Waals surface area (Å²) in [6.45, 7) is 3.49. The lowest BCUT2D eigenvalue weighted by atomic mass is 9.96. The maximum atomic E-state index is 12.4. The monoisotopic (exact) mass is 308 g/mol. The van der Waals surface area contributed by atoms with Crippen LogP contribution in [0.25, 0.3) is 0 Å². The SMILES string of the molecule is O=C(NCc1ccccc1)C1CCCN(Cc2ccccc2)C1. The Balaban J connectivity index is 1.50. The molecule has 1 aliphatic rings. The van der Waals surface area contributed by atoms with Gasteiger partial charge in [-0.2, -0.15) is 0 Å². The number of carbonyl (C=O) groups excluding carboxylic acids is 1. The molecule has 3 heteroatoms. The van der Waals surface area contributed by atoms with Crippen molar-refractivity contribution in [3.8, 4) is 0 Å². The van der Waals surface area contributed by atoms with Crippen LogP contribution in [0.2, 0.25) is 0 Å². The van der Waals surface area contributed by atoms with Gasteiger partial charge in [-0.15, -0.1) is 0 Å². The Labute approximate surface area is 138 Å². The van der Waals surface area contributed by atoms with Gasteiger partial charge < -0.3 is 5.32 Å². The van der Waals surface area contributed by atoms with Crippen molar-refractivity contribution in [1.29, 1.82) is 0 Å². The van der Waals surface area contributed by atoms with Crippen molar-refractivity contribution >= 4 is 5.91 Å². The van der Waals surface area contributed by atoms with Gasteiger partial charge in [0.1, 0.15) is 0 Å². The zero-order chi connectivity index (χ0) is 15.9. The number of benzene rings is 2. The van der Waals surface area contributed by atoms with E-state index in [0.29, 0.717) is 6.54 Å². The zero-order valence-corrected chi connectivity index (χ0v) is 13.4. The molecule has 0 saturated carbocycles. The standard InChI is InChI=1S/C20H24N2O/c23-20(21-14-17-8-3-1-4-9-17)19-12-7-13-22(16-19)15-18-10-5-2-6-11-18/h1-6,8-11,19H,7,12-16H2,(H,21,23). The van der Waals surface area contributed by atoms with Crippen LogP contribution in [0.5, 0.6) is 0 Å². The van der Waals surface area contributed by atoms with Crippen molar-refractivity contribution in [2.75, 3.05) is 13.1 Å². The molecule has 1 aliphatic heterocycles. The van der Waals surface area contributed by atoms with Gasteiger partial charge in [0.25, 0.3) is 0 Å². The van der Waals surface area contributed by atoms with Crippen molar-refractivity contribution in [2.24, 2.45) is 5.92 Å². The molecular formula is C20H24N2O. The summed E-state index contributed by atoms with van der Waals surface area (Å²) < 4.78 is 0. The van der Waals surface area contributed by atoms with Crippen molar-refractivity contribution in [3.05, 3.63) is 71.8 Å². The first kappa shape index (κ1) is 15.8. The minimum absolute atomic E-state index is 0.108. The summed E-state index contributed by atoms with van der Waals surface area (Å²) in [6, 6.07) is 20.6. The number of hydrogen-bond donors (Lipinski definition) is 1. The lowest BCUT2D eigenvalue weighted by molar-refractivity contribution is -0.126. The topological polar surface area (TPSA) is 32.3 Å². The first-order valence-corrected chi connectivity index (χ1v) is 8.39. The number of likely N-dealkylation sites (tertiary alicyclic amines) is 1. The average Bonchev–Trinajstić information content (AvgIpc) is 2.62. The van der Waals surface area contributed by atoms with E-state index in [4.69, 9.17) is 0 Å². The molecule has 0 aliphatic carbocycles. The zero-order valence-electron chi connectivity index (χ0n) is 13.4. The molecule has 0 radical (unpaired) electrons. The summed E-state index contributed by atoms with van der Waals surface area (Å²) in [4.78, 5) is 14.8. The van der Waals surface area contributed by atoms with Gasteiger partial charge in [0, 0.05) is 19.6 Å². The smallest absolute Gasteiger partial charge is 0.224 e. The number of hydrogen-bond acceptors (Lipinski definition) is 2.